The number of carbonyl (C=O) groups is 1. The van der Waals surface area contributed by atoms with E-state index in [0.29, 0.717) is 30.2 Å². The maximum absolute atomic E-state index is 13.4. The largest absolute Gasteiger partial charge is 0.489 e. The lowest BCUT2D eigenvalue weighted by Gasteiger charge is -2.35. The molecule has 0 fully saturated rings. The van der Waals surface area contributed by atoms with Crippen LogP contribution in [-0.4, -0.2) is 47.7 Å². The number of Topliss-reactive ketones (excluding diaryl/α,β-unsaturated/α-hetero) is 1. The van der Waals surface area contributed by atoms with Crippen LogP contribution in [0.4, 0.5) is 5.69 Å². The highest BCUT2D eigenvalue weighted by atomic mass is 79.9. The Morgan fingerprint density at radius 1 is 1.18 bits per heavy atom. The molecule has 0 saturated heterocycles. The van der Waals surface area contributed by atoms with E-state index in [2.05, 4.69) is 44.5 Å². The number of hydrogen-bond donors (Lipinski definition) is 1. The fraction of sp³-hybridized carbons (Fsp3) is 0.500. The topological polar surface area (TPSA) is 69.5 Å². The number of ether oxygens (including phenoxy) is 1. The van der Waals surface area contributed by atoms with Crippen LogP contribution in [0.5, 0.6) is 5.75 Å². The van der Waals surface area contributed by atoms with Crippen molar-refractivity contribution in [1.29, 1.82) is 5.41 Å². The number of aromatic nitrogens is 1. The van der Waals surface area contributed by atoms with Gasteiger partial charge in [0, 0.05) is 35.5 Å². The predicted molar refractivity (Wildman–Crippen MR) is 139 cm³/mol. The van der Waals surface area contributed by atoms with Crippen molar-refractivity contribution in [2.45, 2.75) is 59.4 Å². The molecular weight excluding hydrogens is 480 g/mol. The Labute approximate surface area is 207 Å². The van der Waals surface area contributed by atoms with Gasteiger partial charge in [-0.05, 0) is 36.5 Å². The summed E-state index contributed by atoms with van der Waals surface area (Å²) >= 11 is 0. The molecule has 2 aliphatic rings. The molecule has 0 bridgehead atoms. The summed E-state index contributed by atoms with van der Waals surface area (Å²) in [6.45, 7) is 13.9. The number of aryl methyl sites for hydroxylation is 1. The fourth-order valence-corrected chi connectivity index (χ4v) is 4.49. The minimum Gasteiger partial charge on any atom is -0.489 e. The van der Waals surface area contributed by atoms with Crippen LogP contribution in [0.25, 0.3) is 0 Å². The molecule has 1 N–H and O–H groups in total. The SMILES string of the molecule is Br.CCCN1CCOc2c1cc(C(=O)CN1Cc3ccc(CC)nc3C1=N)cc2C(C)(C)C. The van der Waals surface area contributed by atoms with Crippen LogP contribution in [0.2, 0.25) is 0 Å². The van der Waals surface area contributed by atoms with Crippen molar-refractivity contribution >= 4 is 34.3 Å². The Morgan fingerprint density at radius 2 is 1.94 bits per heavy atom. The van der Waals surface area contributed by atoms with E-state index in [1.54, 1.807) is 0 Å². The van der Waals surface area contributed by atoms with Crippen LogP contribution in [0, 0.1) is 5.41 Å². The molecule has 1 aromatic carbocycles. The molecule has 0 unspecified atom stereocenters. The molecule has 0 atom stereocenters. The molecule has 4 rings (SSSR count). The van der Waals surface area contributed by atoms with Gasteiger partial charge in [-0.15, -0.1) is 17.0 Å². The van der Waals surface area contributed by atoms with Gasteiger partial charge in [-0.3, -0.25) is 10.2 Å². The first-order valence-electron chi connectivity index (χ1n) is 11.6. The third-order valence-corrected chi connectivity index (χ3v) is 6.28. The van der Waals surface area contributed by atoms with E-state index in [1.807, 2.05) is 29.2 Å². The molecule has 2 aliphatic heterocycles. The average molecular weight is 515 g/mol. The summed E-state index contributed by atoms with van der Waals surface area (Å²) in [7, 11) is 0. The van der Waals surface area contributed by atoms with Crippen LogP contribution in [0.15, 0.2) is 24.3 Å². The molecule has 0 spiro atoms. The zero-order valence-corrected chi connectivity index (χ0v) is 22.0. The molecule has 0 amide bonds. The Balaban J connectivity index is 0.00000306. The van der Waals surface area contributed by atoms with Gasteiger partial charge in [-0.25, -0.2) is 4.98 Å². The fourth-order valence-electron chi connectivity index (χ4n) is 4.49. The number of rotatable bonds is 6. The number of amidine groups is 1. The van der Waals surface area contributed by atoms with Gasteiger partial charge in [0.05, 0.1) is 18.8 Å². The number of anilines is 1. The summed E-state index contributed by atoms with van der Waals surface area (Å²) in [5.74, 6) is 1.27. The number of carbonyl (C=O) groups excluding carboxylic acids is 1. The quantitative estimate of drug-likeness (QED) is 0.539. The van der Waals surface area contributed by atoms with Crippen LogP contribution >= 0.6 is 17.0 Å². The normalized spacial score (nSPS) is 15.0. The minimum absolute atomic E-state index is 0. The highest BCUT2D eigenvalue weighted by Crippen LogP contribution is 2.42. The van der Waals surface area contributed by atoms with Gasteiger partial charge < -0.3 is 14.5 Å². The van der Waals surface area contributed by atoms with Crippen molar-refractivity contribution in [2.24, 2.45) is 0 Å². The van der Waals surface area contributed by atoms with Crippen molar-refractivity contribution < 1.29 is 9.53 Å². The van der Waals surface area contributed by atoms with E-state index < -0.39 is 0 Å². The number of benzene rings is 1. The van der Waals surface area contributed by atoms with Crippen LogP contribution in [-0.2, 0) is 18.4 Å². The van der Waals surface area contributed by atoms with Crippen molar-refractivity contribution in [3.05, 3.63) is 52.3 Å². The standard InChI is InChI=1S/C26H34N4O2.BrH/c1-6-10-29-11-12-32-24-20(26(3,4)5)13-18(14-21(24)29)22(31)16-30-15-17-8-9-19(7-2)28-23(17)25(30)27;/h8-9,13-14,27H,6-7,10-12,15-16H2,1-5H3;1H. The maximum Gasteiger partial charge on any atom is 0.182 e. The number of hydrogen-bond acceptors (Lipinski definition) is 5. The number of fused-ring (bicyclic) bond motifs is 2. The zero-order valence-electron chi connectivity index (χ0n) is 20.3. The van der Waals surface area contributed by atoms with E-state index in [9.17, 15) is 4.79 Å². The van der Waals surface area contributed by atoms with Crippen molar-refractivity contribution in [1.82, 2.24) is 9.88 Å². The highest BCUT2D eigenvalue weighted by Gasteiger charge is 2.31. The number of ketones is 1. The number of nitrogens with one attached hydrogen (secondary N) is 1. The summed E-state index contributed by atoms with van der Waals surface area (Å²) in [6, 6.07) is 8.04. The molecule has 33 heavy (non-hydrogen) atoms. The second-order valence-electron chi connectivity index (χ2n) is 9.75. The first kappa shape index (κ1) is 25.2. The number of pyridine rings is 1. The first-order valence-corrected chi connectivity index (χ1v) is 11.6. The Morgan fingerprint density at radius 3 is 2.61 bits per heavy atom. The van der Waals surface area contributed by atoms with Gasteiger partial charge in [-0.1, -0.05) is 40.7 Å². The summed E-state index contributed by atoms with van der Waals surface area (Å²) in [5, 5.41) is 8.58. The molecule has 6 nitrogen and oxygen atoms in total. The molecule has 3 heterocycles. The molecular formula is C26H35BrN4O2. The molecule has 0 aliphatic carbocycles. The number of nitrogens with zero attached hydrogens (tertiary/aromatic N) is 3. The summed E-state index contributed by atoms with van der Waals surface area (Å²) in [6.07, 6.45) is 1.87. The van der Waals surface area contributed by atoms with Gasteiger partial charge in [-0.2, -0.15) is 0 Å². The van der Waals surface area contributed by atoms with Gasteiger partial charge in [0.25, 0.3) is 0 Å². The van der Waals surface area contributed by atoms with Gasteiger partial charge in [0.2, 0.25) is 0 Å². The third kappa shape index (κ3) is 4.93. The van der Waals surface area contributed by atoms with Gasteiger partial charge in [0.1, 0.15) is 23.9 Å². The van der Waals surface area contributed by atoms with Crippen molar-refractivity contribution in [2.75, 3.05) is 31.1 Å². The lowest BCUT2D eigenvalue weighted by Crippen LogP contribution is -2.35. The molecule has 0 radical (unpaired) electrons. The average Bonchev–Trinajstić information content (AvgIpc) is 3.07. The van der Waals surface area contributed by atoms with Gasteiger partial charge >= 0.3 is 0 Å². The molecule has 2 aromatic rings. The van der Waals surface area contributed by atoms with E-state index in [0.717, 1.165) is 54.2 Å². The van der Waals surface area contributed by atoms with Crippen molar-refractivity contribution in [3.8, 4) is 5.75 Å². The smallest absolute Gasteiger partial charge is 0.182 e. The van der Waals surface area contributed by atoms with Crippen molar-refractivity contribution in [3.63, 3.8) is 0 Å². The monoisotopic (exact) mass is 514 g/mol. The van der Waals surface area contributed by atoms with E-state index >= 15 is 0 Å². The maximum atomic E-state index is 13.4. The lowest BCUT2D eigenvalue weighted by molar-refractivity contribution is 0.0962. The molecule has 178 valence electrons. The lowest BCUT2D eigenvalue weighted by atomic mass is 9.84. The number of halogens is 1. The Bertz CT molecular complexity index is 1060. The second-order valence-corrected chi connectivity index (χ2v) is 9.75. The Hall–Kier alpha value is -2.41. The first-order chi connectivity index (χ1) is 15.2. The van der Waals surface area contributed by atoms with E-state index in [-0.39, 0.29) is 34.7 Å². The van der Waals surface area contributed by atoms with Crippen LogP contribution in [0.3, 0.4) is 0 Å². The molecule has 0 saturated carbocycles. The van der Waals surface area contributed by atoms with E-state index in [4.69, 9.17) is 10.1 Å². The zero-order chi connectivity index (χ0) is 23.0. The molecule has 7 heteroatoms. The summed E-state index contributed by atoms with van der Waals surface area (Å²) in [4.78, 5) is 22.2. The van der Waals surface area contributed by atoms with E-state index in [1.165, 1.54) is 0 Å². The third-order valence-electron chi connectivity index (χ3n) is 6.28. The van der Waals surface area contributed by atoms with Crippen LogP contribution in [0.1, 0.15) is 73.9 Å². The van der Waals surface area contributed by atoms with Crippen LogP contribution < -0.4 is 9.64 Å². The van der Waals surface area contributed by atoms with Gasteiger partial charge in [0.15, 0.2) is 5.78 Å². The molecule has 1 aromatic heterocycles. The minimum atomic E-state index is -0.146. The second kappa shape index (κ2) is 9.84. The highest BCUT2D eigenvalue weighted by molar-refractivity contribution is 8.93. The summed E-state index contributed by atoms with van der Waals surface area (Å²) in [5.41, 5.74) is 5.32. The summed E-state index contributed by atoms with van der Waals surface area (Å²) < 4.78 is 6.10. The predicted octanol–water partition coefficient (Wildman–Crippen LogP) is 5.15. The Kier molecular flexibility index (Phi) is 7.52.